The predicted octanol–water partition coefficient (Wildman–Crippen LogP) is 1.75. The molecule has 1 aromatic rings. The van der Waals surface area contributed by atoms with Gasteiger partial charge in [0.1, 0.15) is 18.0 Å². The maximum atomic E-state index is 13.1. The van der Waals surface area contributed by atoms with Crippen molar-refractivity contribution in [2.75, 3.05) is 26.3 Å². The van der Waals surface area contributed by atoms with Crippen molar-refractivity contribution >= 4 is 11.8 Å². The van der Waals surface area contributed by atoms with Gasteiger partial charge in [0, 0.05) is 37.3 Å². The van der Waals surface area contributed by atoms with Gasteiger partial charge in [-0.2, -0.15) is 0 Å². The van der Waals surface area contributed by atoms with Crippen LogP contribution < -0.4 is 10.1 Å². The molecular weight excluding hydrogens is 424 g/mol. The van der Waals surface area contributed by atoms with Crippen molar-refractivity contribution in [3.63, 3.8) is 0 Å². The molecule has 4 unspecified atom stereocenters. The molecular formula is C25H36N2O6. The monoisotopic (exact) mass is 460 g/mol. The number of aliphatic hydroxyl groups excluding tert-OH is 2. The number of benzene rings is 1. The van der Waals surface area contributed by atoms with Crippen LogP contribution in [0.25, 0.3) is 0 Å². The van der Waals surface area contributed by atoms with Crippen LogP contribution in [0.15, 0.2) is 35.9 Å². The van der Waals surface area contributed by atoms with Crippen molar-refractivity contribution in [1.82, 2.24) is 10.2 Å². The molecule has 0 saturated heterocycles. The first-order valence-corrected chi connectivity index (χ1v) is 11.8. The molecule has 182 valence electrons. The average molecular weight is 461 g/mol. The lowest BCUT2D eigenvalue weighted by Gasteiger charge is -2.40. The first kappa shape index (κ1) is 25.2. The molecule has 3 N–H and O–H groups in total. The maximum Gasteiger partial charge on any atom is 0.247 e. The van der Waals surface area contributed by atoms with Crippen LogP contribution in [-0.2, 0) is 14.3 Å². The number of carbonyl (C=O) groups excluding carboxylic acids is 2. The van der Waals surface area contributed by atoms with Gasteiger partial charge in [0.25, 0.3) is 0 Å². The fourth-order valence-corrected chi connectivity index (χ4v) is 4.54. The van der Waals surface area contributed by atoms with Gasteiger partial charge in [-0.25, -0.2) is 0 Å². The number of ether oxygens (including phenoxy) is 2. The molecule has 0 aromatic heterocycles. The third-order valence-electron chi connectivity index (χ3n) is 6.02. The molecule has 0 spiro atoms. The highest BCUT2D eigenvalue weighted by Gasteiger charge is 2.50. The maximum absolute atomic E-state index is 13.1. The molecule has 4 atom stereocenters. The summed E-state index contributed by atoms with van der Waals surface area (Å²) in [5, 5.41) is 23.2. The SMILES string of the molecule is CCCC(=O)N(CCCOC(C)C)C1C=C(C(=O)NCCO)C2c3ccccc3OC2C1O. The summed E-state index contributed by atoms with van der Waals surface area (Å²) in [5.74, 6) is -0.225. The Morgan fingerprint density at radius 1 is 1.27 bits per heavy atom. The van der Waals surface area contributed by atoms with E-state index in [1.807, 2.05) is 45.0 Å². The highest BCUT2D eigenvalue weighted by Crippen LogP contribution is 2.47. The van der Waals surface area contributed by atoms with Crippen molar-refractivity contribution in [2.45, 2.75) is 70.3 Å². The topological polar surface area (TPSA) is 108 Å². The van der Waals surface area contributed by atoms with E-state index in [1.54, 1.807) is 11.0 Å². The molecule has 2 aliphatic rings. The van der Waals surface area contributed by atoms with E-state index in [0.29, 0.717) is 43.7 Å². The summed E-state index contributed by atoms with van der Waals surface area (Å²) in [7, 11) is 0. The van der Waals surface area contributed by atoms with E-state index in [1.165, 1.54) is 0 Å². The number of fused-ring (bicyclic) bond motifs is 3. The molecule has 33 heavy (non-hydrogen) atoms. The van der Waals surface area contributed by atoms with E-state index in [-0.39, 0.29) is 31.1 Å². The Morgan fingerprint density at radius 2 is 2.03 bits per heavy atom. The van der Waals surface area contributed by atoms with Gasteiger partial charge in [0.15, 0.2) is 0 Å². The number of aliphatic hydroxyl groups is 2. The number of hydrogen-bond acceptors (Lipinski definition) is 6. The summed E-state index contributed by atoms with van der Waals surface area (Å²) in [6, 6.07) is 6.73. The first-order valence-electron chi connectivity index (χ1n) is 11.8. The summed E-state index contributed by atoms with van der Waals surface area (Å²) in [5.41, 5.74) is 1.28. The van der Waals surface area contributed by atoms with Gasteiger partial charge in [-0.1, -0.05) is 25.1 Å². The average Bonchev–Trinajstić information content (AvgIpc) is 3.18. The zero-order chi connectivity index (χ0) is 24.0. The fraction of sp³-hybridized carbons (Fsp3) is 0.600. The molecule has 0 fully saturated rings. The summed E-state index contributed by atoms with van der Waals surface area (Å²) in [4.78, 5) is 27.8. The van der Waals surface area contributed by atoms with Crippen LogP contribution in [0.5, 0.6) is 5.75 Å². The summed E-state index contributed by atoms with van der Waals surface area (Å²) in [6.45, 7) is 6.70. The Morgan fingerprint density at radius 3 is 2.73 bits per heavy atom. The molecule has 8 nitrogen and oxygen atoms in total. The minimum atomic E-state index is -0.997. The Balaban J connectivity index is 1.94. The number of para-hydroxylation sites is 1. The van der Waals surface area contributed by atoms with Crippen LogP contribution in [0, 0.1) is 0 Å². The third kappa shape index (κ3) is 5.75. The van der Waals surface area contributed by atoms with Crippen molar-refractivity contribution in [3.05, 3.63) is 41.5 Å². The molecule has 0 saturated carbocycles. The summed E-state index contributed by atoms with van der Waals surface area (Å²) in [6.07, 6.45) is 1.77. The van der Waals surface area contributed by atoms with E-state index in [0.717, 1.165) is 5.56 Å². The van der Waals surface area contributed by atoms with Gasteiger partial charge in [-0.05, 0) is 38.8 Å². The number of carbonyl (C=O) groups is 2. The van der Waals surface area contributed by atoms with E-state index in [4.69, 9.17) is 14.6 Å². The molecule has 0 radical (unpaired) electrons. The fourth-order valence-electron chi connectivity index (χ4n) is 4.54. The molecule has 1 aromatic carbocycles. The molecule has 1 heterocycles. The van der Waals surface area contributed by atoms with Gasteiger partial charge in [-0.3, -0.25) is 9.59 Å². The van der Waals surface area contributed by atoms with Crippen LogP contribution >= 0.6 is 0 Å². The van der Waals surface area contributed by atoms with Gasteiger partial charge in [-0.15, -0.1) is 0 Å². The van der Waals surface area contributed by atoms with Crippen molar-refractivity contribution in [1.29, 1.82) is 0 Å². The lowest BCUT2D eigenvalue weighted by molar-refractivity contribution is -0.137. The second-order valence-electron chi connectivity index (χ2n) is 8.79. The van der Waals surface area contributed by atoms with Crippen molar-refractivity contribution in [3.8, 4) is 5.75 Å². The Kier molecular flexibility index (Phi) is 8.88. The number of nitrogens with zero attached hydrogens (tertiary/aromatic N) is 1. The highest BCUT2D eigenvalue weighted by atomic mass is 16.5. The number of amides is 2. The lowest BCUT2D eigenvalue weighted by Crippen LogP contribution is -2.56. The van der Waals surface area contributed by atoms with E-state index in [9.17, 15) is 14.7 Å². The second-order valence-corrected chi connectivity index (χ2v) is 8.79. The number of nitrogens with one attached hydrogen (secondary N) is 1. The van der Waals surface area contributed by atoms with Crippen LogP contribution in [0.3, 0.4) is 0 Å². The molecule has 3 rings (SSSR count). The minimum absolute atomic E-state index is 0.0774. The molecule has 0 bridgehead atoms. The van der Waals surface area contributed by atoms with Gasteiger partial charge < -0.3 is 29.9 Å². The van der Waals surface area contributed by atoms with Gasteiger partial charge in [0.2, 0.25) is 11.8 Å². The normalized spacial score (nSPS) is 23.4. The van der Waals surface area contributed by atoms with Gasteiger partial charge >= 0.3 is 0 Å². The van der Waals surface area contributed by atoms with Crippen LogP contribution in [0.4, 0.5) is 0 Å². The van der Waals surface area contributed by atoms with Crippen LogP contribution in [0.1, 0.15) is 51.5 Å². The van der Waals surface area contributed by atoms with E-state index >= 15 is 0 Å². The van der Waals surface area contributed by atoms with E-state index < -0.39 is 24.2 Å². The van der Waals surface area contributed by atoms with Crippen LogP contribution in [0.2, 0.25) is 0 Å². The Labute approximate surface area is 195 Å². The summed E-state index contributed by atoms with van der Waals surface area (Å²) < 4.78 is 11.7. The summed E-state index contributed by atoms with van der Waals surface area (Å²) >= 11 is 0. The Hall–Kier alpha value is -2.42. The minimum Gasteiger partial charge on any atom is -0.486 e. The third-order valence-corrected chi connectivity index (χ3v) is 6.02. The standard InChI is InChI=1S/C25H36N2O6/c1-4-8-21(29)27(12-7-14-32-16(2)3)19-15-18(25(31)26-11-13-28)22-17-9-5-6-10-20(17)33-24(22)23(19)30/h5-6,9-10,15-16,19,22-24,28,30H,4,7-8,11-14H2,1-3H3,(H,26,31). The number of rotatable bonds is 11. The second kappa shape index (κ2) is 11.6. The highest BCUT2D eigenvalue weighted by molar-refractivity contribution is 5.96. The zero-order valence-corrected chi connectivity index (χ0v) is 19.7. The molecule has 1 aliphatic carbocycles. The predicted molar refractivity (Wildman–Crippen MR) is 124 cm³/mol. The zero-order valence-electron chi connectivity index (χ0n) is 19.7. The van der Waals surface area contributed by atoms with E-state index in [2.05, 4.69) is 5.32 Å². The first-order chi connectivity index (χ1) is 15.9. The molecule has 8 heteroatoms. The smallest absolute Gasteiger partial charge is 0.247 e. The molecule has 2 amide bonds. The lowest BCUT2D eigenvalue weighted by atomic mass is 9.77. The largest absolute Gasteiger partial charge is 0.486 e. The molecule has 1 aliphatic heterocycles. The Bertz CT molecular complexity index is 855. The quantitative estimate of drug-likeness (QED) is 0.434. The van der Waals surface area contributed by atoms with Gasteiger partial charge in [0.05, 0.1) is 24.7 Å². The number of hydrogen-bond donors (Lipinski definition) is 3. The van der Waals surface area contributed by atoms with Crippen molar-refractivity contribution in [2.24, 2.45) is 0 Å². The van der Waals surface area contributed by atoms with Crippen molar-refractivity contribution < 1.29 is 29.3 Å². The van der Waals surface area contributed by atoms with Crippen LogP contribution in [-0.4, -0.2) is 77.6 Å².